The molecule has 0 radical (unpaired) electrons. The van der Waals surface area contributed by atoms with E-state index in [0.717, 1.165) is 5.56 Å². The quantitative estimate of drug-likeness (QED) is 0.829. The molecule has 1 N–H and O–H groups in total. The first-order chi connectivity index (χ1) is 11.6. The van der Waals surface area contributed by atoms with Gasteiger partial charge >= 0.3 is 0 Å². The van der Waals surface area contributed by atoms with Crippen LogP contribution in [0.2, 0.25) is 0 Å². The predicted octanol–water partition coefficient (Wildman–Crippen LogP) is 2.98. The minimum atomic E-state index is -0.339. The third kappa shape index (κ3) is 3.25. The number of benzene rings is 2. The van der Waals surface area contributed by atoms with Crippen molar-refractivity contribution in [3.63, 3.8) is 0 Å². The lowest BCUT2D eigenvalue weighted by Gasteiger charge is -2.15. The summed E-state index contributed by atoms with van der Waals surface area (Å²) in [4.78, 5) is 23.6. The number of ether oxygens (including phenoxy) is 2. The topological polar surface area (TPSA) is 64.6 Å². The Morgan fingerprint density at radius 2 is 1.71 bits per heavy atom. The summed E-state index contributed by atoms with van der Waals surface area (Å²) in [6.07, 6.45) is 0.585. The van der Waals surface area contributed by atoms with Gasteiger partial charge in [0.15, 0.2) is 11.5 Å². The Morgan fingerprint density at radius 1 is 0.958 bits per heavy atom. The molecule has 0 saturated heterocycles. The van der Waals surface area contributed by atoms with Crippen molar-refractivity contribution in [2.75, 3.05) is 6.61 Å². The molecule has 5 heteroatoms. The largest absolute Gasteiger partial charge is 0.489 e. The van der Waals surface area contributed by atoms with Crippen LogP contribution >= 0.6 is 0 Å². The van der Waals surface area contributed by atoms with E-state index in [-0.39, 0.29) is 17.9 Å². The van der Waals surface area contributed by atoms with Gasteiger partial charge in [-0.3, -0.25) is 14.9 Å². The zero-order valence-corrected chi connectivity index (χ0v) is 13.7. The van der Waals surface area contributed by atoms with Gasteiger partial charge in [-0.15, -0.1) is 0 Å². The van der Waals surface area contributed by atoms with Gasteiger partial charge in [0.1, 0.15) is 0 Å². The van der Waals surface area contributed by atoms with Gasteiger partial charge in [-0.25, -0.2) is 0 Å². The molecule has 124 valence electrons. The molecule has 1 aliphatic rings. The van der Waals surface area contributed by atoms with E-state index in [2.05, 4.69) is 5.32 Å². The van der Waals surface area contributed by atoms with Crippen LogP contribution in [0.4, 0.5) is 0 Å². The van der Waals surface area contributed by atoms with E-state index in [9.17, 15) is 9.59 Å². The predicted molar refractivity (Wildman–Crippen MR) is 89.6 cm³/mol. The van der Waals surface area contributed by atoms with Crippen LogP contribution in [-0.4, -0.2) is 24.5 Å². The summed E-state index contributed by atoms with van der Waals surface area (Å²) in [6, 6.07) is 12.8. The Labute approximate surface area is 140 Å². The smallest absolute Gasteiger partial charge is 0.259 e. The lowest BCUT2D eigenvalue weighted by Crippen LogP contribution is -2.20. The average Bonchev–Trinajstić information content (AvgIpc) is 2.84. The number of hydrogen-bond acceptors (Lipinski definition) is 4. The van der Waals surface area contributed by atoms with Crippen molar-refractivity contribution in [3.05, 3.63) is 59.2 Å². The summed E-state index contributed by atoms with van der Waals surface area (Å²) in [5.41, 5.74) is 1.69. The summed E-state index contributed by atoms with van der Waals surface area (Å²) in [5.74, 6) is 0.681. The Balaban J connectivity index is 1.71. The summed E-state index contributed by atoms with van der Waals surface area (Å²) in [7, 11) is 0. The van der Waals surface area contributed by atoms with Gasteiger partial charge in [0.25, 0.3) is 11.8 Å². The lowest BCUT2D eigenvalue weighted by atomic mass is 10.0. The van der Waals surface area contributed by atoms with Crippen molar-refractivity contribution in [2.24, 2.45) is 0 Å². The summed E-state index contributed by atoms with van der Waals surface area (Å²) >= 11 is 0. The fourth-order valence-electron chi connectivity index (χ4n) is 2.69. The summed E-state index contributed by atoms with van der Waals surface area (Å²) in [5, 5.41) is 2.32. The first kappa shape index (κ1) is 16.1. The highest BCUT2D eigenvalue weighted by Gasteiger charge is 2.28. The monoisotopic (exact) mass is 325 g/mol. The number of amides is 2. The number of carbonyl (C=O) groups excluding carboxylic acids is 2. The number of para-hydroxylation sites is 2. The molecule has 2 aromatic rings. The van der Waals surface area contributed by atoms with Crippen molar-refractivity contribution < 1.29 is 19.1 Å². The molecule has 3 rings (SSSR count). The number of carbonyl (C=O) groups is 2. The highest BCUT2D eigenvalue weighted by atomic mass is 16.5. The second-order valence-corrected chi connectivity index (χ2v) is 5.83. The lowest BCUT2D eigenvalue weighted by molar-refractivity contribution is 0.0879. The molecular weight excluding hydrogens is 306 g/mol. The van der Waals surface area contributed by atoms with Crippen LogP contribution < -0.4 is 14.8 Å². The van der Waals surface area contributed by atoms with Gasteiger partial charge in [0.2, 0.25) is 0 Å². The van der Waals surface area contributed by atoms with Crippen LogP contribution in [0.1, 0.15) is 40.1 Å². The highest BCUT2D eigenvalue weighted by molar-refractivity contribution is 6.22. The van der Waals surface area contributed by atoms with Crippen LogP contribution in [0.5, 0.6) is 11.5 Å². The van der Waals surface area contributed by atoms with E-state index in [0.29, 0.717) is 35.7 Å². The Kier molecular flexibility index (Phi) is 4.51. The first-order valence-electron chi connectivity index (χ1n) is 7.92. The van der Waals surface area contributed by atoms with Crippen molar-refractivity contribution in [1.29, 1.82) is 0 Å². The number of hydrogen-bond donors (Lipinski definition) is 1. The number of fused-ring (bicyclic) bond motifs is 1. The summed E-state index contributed by atoms with van der Waals surface area (Å²) < 4.78 is 11.5. The van der Waals surface area contributed by atoms with Crippen molar-refractivity contribution >= 4 is 11.8 Å². The minimum absolute atomic E-state index is 0.0573. The van der Waals surface area contributed by atoms with Crippen LogP contribution in [0.15, 0.2) is 42.5 Å². The zero-order valence-electron chi connectivity index (χ0n) is 13.7. The highest BCUT2D eigenvalue weighted by Crippen LogP contribution is 2.28. The molecule has 0 spiro atoms. The molecule has 0 aliphatic carbocycles. The fraction of sp³-hybridized carbons (Fsp3) is 0.263. The van der Waals surface area contributed by atoms with E-state index in [1.165, 1.54) is 0 Å². The maximum atomic E-state index is 11.9. The van der Waals surface area contributed by atoms with E-state index < -0.39 is 0 Å². The number of rotatable bonds is 6. The molecule has 2 aromatic carbocycles. The molecular formula is C19H19NO4. The third-order valence-corrected chi connectivity index (χ3v) is 3.69. The molecule has 0 atom stereocenters. The second kappa shape index (κ2) is 6.74. The van der Waals surface area contributed by atoms with Crippen LogP contribution in [-0.2, 0) is 6.42 Å². The maximum Gasteiger partial charge on any atom is 0.259 e. The first-order valence-corrected chi connectivity index (χ1v) is 7.92. The van der Waals surface area contributed by atoms with Crippen LogP contribution in [0.3, 0.4) is 0 Å². The van der Waals surface area contributed by atoms with Gasteiger partial charge in [0, 0.05) is 6.42 Å². The molecule has 24 heavy (non-hydrogen) atoms. The molecule has 1 aliphatic heterocycles. The number of nitrogens with one attached hydrogen (secondary N) is 1. The standard InChI is InChI=1S/C19H19NO4/c1-12(2)24-16-9-4-3-8-15(16)23-11-10-13-6-5-7-14-17(13)19(22)20-18(14)21/h3-9,12H,10-11H2,1-2H3,(H,20,21,22). The van der Waals surface area contributed by atoms with E-state index >= 15 is 0 Å². The van der Waals surface area contributed by atoms with Gasteiger partial charge in [-0.2, -0.15) is 0 Å². The van der Waals surface area contributed by atoms with Crippen molar-refractivity contribution in [2.45, 2.75) is 26.4 Å². The molecule has 5 nitrogen and oxygen atoms in total. The zero-order chi connectivity index (χ0) is 17.1. The Morgan fingerprint density at radius 3 is 2.46 bits per heavy atom. The molecule has 0 saturated carbocycles. The molecule has 0 bridgehead atoms. The molecule has 1 heterocycles. The molecule has 0 aromatic heterocycles. The van der Waals surface area contributed by atoms with Crippen molar-refractivity contribution in [1.82, 2.24) is 5.32 Å². The second-order valence-electron chi connectivity index (χ2n) is 5.83. The minimum Gasteiger partial charge on any atom is -0.489 e. The van der Waals surface area contributed by atoms with Crippen LogP contribution in [0.25, 0.3) is 0 Å². The van der Waals surface area contributed by atoms with Gasteiger partial charge in [0.05, 0.1) is 23.8 Å². The van der Waals surface area contributed by atoms with E-state index in [1.807, 2.05) is 44.2 Å². The van der Waals surface area contributed by atoms with Gasteiger partial charge in [-0.1, -0.05) is 24.3 Å². The van der Waals surface area contributed by atoms with E-state index in [1.54, 1.807) is 12.1 Å². The average molecular weight is 325 g/mol. The van der Waals surface area contributed by atoms with Crippen molar-refractivity contribution in [3.8, 4) is 11.5 Å². The fourth-order valence-corrected chi connectivity index (χ4v) is 2.69. The van der Waals surface area contributed by atoms with E-state index in [4.69, 9.17) is 9.47 Å². The number of imide groups is 1. The maximum absolute atomic E-state index is 11.9. The van der Waals surface area contributed by atoms with Crippen LogP contribution in [0, 0.1) is 0 Å². The normalized spacial score (nSPS) is 13.0. The molecule has 0 unspecified atom stereocenters. The third-order valence-electron chi connectivity index (χ3n) is 3.69. The van der Waals surface area contributed by atoms with Gasteiger partial charge < -0.3 is 9.47 Å². The summed E-state index contributed by atoms with van der Waals surface area (Å²) in [6.45, 7) is 4.30. The Bertz CT molecular complexity index is 783. The Hall–Kier alpha value is -2.82. The SMILES string of the molecule is CC(C)Oc1ccccc1OCCc1cccc2c1C(=O)NC2=O. The molecule has 2 amide bonds. The van der Waals surface area contributed by atoms with Gasteiger partial charge in [-0.05, 0) is 37.6 Å². The molecule has 0 fully saturated rings.